The van der Waals surface area contributed by atoms with Crippen LogP contribution in [0, 0.1) is 5.41 Å². The average Bonchev–Trinajstić information content (AvgIpc) is 2.99. The van der Waals surface area contributed by atoms with Crippen molar-refractivity contribution in [3.05, 3.63) is 35.4 Å². The Labute approximate surface area is 142 Å². The van der Waals surface area contributed by atoms with Crippen molar-refractivity contribution in [3.63, 3.8) is 0 Å². The minimum Gasteiger partial charge on any atom is -0.598 e. The van der Waals surface area contributed by atoms with E-state index in [0.717, 1.165) is 19.5 Å². The molecule has 0 aromatic heterocycles. The van der Waals surface area contributed by atoms with Gasteiger partial charge >= 0.3 is 0 Å². The molecule has 126 valence electrons. The molecule has 2 N–H and O–H groups in total. The third-order valence-electron chi connectivity index (χ3n) is 6.30. The molecule has 2 spiro atoms. The fourth-order valence-electron chi connectivity index (χ4n) is 4.98. The highest BCUT2D eigenvalue weighted by Crippen LogP contribution is 2.75. The molecule has 0 amide bonds. The van der Waals surface area contributed by atoms with Crippen LogP contribution in [0.2, 0.25) is 0 Å². The van der Waals surface area contributed by atoms with Gasteiger partial charge < -0.3 is 9.87 Å². The molecule has 1 saturated heterocycles. The molecule has 23 heavy (non-hydrogen) atoms. The molecule has 0 bridgehead atoms. The molecule has 1 heterocycles. The molecule has 2 aliphatic carbocycles. The van der Waals surface area contributed by atoms with Gasteiger partial charge in [0.1, 0.15) is 4.75 Å². The first-order valence-corrected chi connectivity index (χ1v) is 10.0. The van der Waals surface area contributed by atoms with Crippen LogP contribution >= 0.6 is 0 Å². The molecule has 4 heteroatoms. The number of hydrogen-bond acceptors (Lipinski definition) is 3. The quantitative estimate of drug-likeness (QED) is 0.818. The zero-order valence-electron chi connectivity index (χ0n) is 14.4. The fraction of sp³-hybridized carbons (Fsp3) is 0.684. The lowest BCUT2D eigenvalue weighted by atomic mass is 9.81. The van der Waals surface area contributed by atoms with E-state index in [1.807, 2.05) is 20.8 Å². The molecule has 1 saturated carbocycles. The zero-order valence-corrected chi connectivity index (χ0v) is 15.3. The molecule has 0 unspecified atom stereocenters. The van der Waals surface area contributed by atoms with Gasteiger partial charge in [0.15, 0.2) is 0 Å². The minimum atomic E-state index is -1.02. The second kappa shape index (κ2) is 5.22. The van der Waals surface area contributed by atoms with E-state index in [9.17, 15) is 4.55 Å². The molecular weight excluding hydrogens is 304 g/mol. The summed E-state index contributed by atoms with van der Waals surface area (Å²) < 4.78 is 15.8. The van der Waals surface area contributed by atoms with Gasteiger partial charge in [-0.05, 0) is 76.1 Å². The van der Waals surface area contributed by atoms with Crippen molar-refractivity contribution in [2.45, 2.75) is 62.7 Å². The van der Waals surface area contributed by atoms with E-state index in [0.29, 0.717) is 10.8 Å². The number of rotatable bonds is 2. The van der Waals surface area contributed by atoms with Crippen molar-refractivity contribution in [1.82, 2.24) is 10.0 Å². The van der Waals surface area contributed by atoms with Gasteiger partial charge in [-0.3, -0.25) is 0 Å². The summed E-state index contributed by atoms with van der Waals surface area (Å²) in [4.78, 5) is 0. The lowest BCUT2D eigenvalue weighted by Crippen LogP contribution is -2.41. The maximum absolute atomic E-state index is 12.6. The van der Waals surface area contributed by atoms with Crippen LogP contribution in [-0.2, 0) is 16.8 Å². The van der Waals surface area contributed by atoms with E-state index in [4.69, 9.17) is 0 Å². The van der Waals surface area contributed by atoms with E-state index < -0.39 is 11.4 Å². The van der Waals surface area contributed by atoms with Crippen LogP contribution in [-0.4, -0.2) is 22.4 Å². The molecule has 3 aliphatic rings. The van der Waals surface area contributed by atoms with Gasteiger partial charge in [-0.15, -0.1) is 4.72 Å². The number of fused-ring (bicyclic) bond motifs is 3. The van der Waals surface area contributed by atoms with E-state index >= 15 is 0 Å². The third-order valence-corrected chi connectivity index (χ3v) is 7.91. The van der Waals surface area contributed by atoms with Gasteiger partial charge in [-0.2, -0.15) is 0 Å². The van der Waals surface area contributed by atoms with Crippen molar-refractivity contribution in [1.29, 1.82) is 0 Å². The van der Waals surface area contributed by atoms with Crippen LogP contribution in [0.1, 0.15) is 63.6 Å². The van der Waals surface area contributed by atoms with E-state index in [1.54, 1.807) is 0 Å². The van der Waals surface area contributed by atoms with Gasteiger partial charge in [0.2, 0.25) is 0 Å². The normalized spacial score (nSPS) is 33.0. The highest BCUT2D eigenvalue weighted by molar-refractivity contribution is 7.90. The average molecular weight is 333 g/mol. The fourth-order valence-corrected chi connectivity index (χ4v) is 5.80. The predicted octanol–water partition coefficient (Wildman–Crippen LogP) is 3.19. The molecule has 1 aromatic rings. The Morgan fingerprint density at radius 2 is 1.91 bits per heavy atom. The van der Waals surface area contributed by atoms with Crippen molar-refractivity contribution >= 4 is 11.4 Å². The standard InChI is InChI=1S/C19H28N2OS/c1-17(2,3)23(22)21-16-12-19(15-7-5-4-6-14(15)16)13-18(19)8-10-20-11-9-18/h4-7,16,20-21H,8-13H2,1-3H3/t16-,19+,23-/m1/s1. The summed E-state index contributed by atoms with van der Waals surface area (Å²) >= 11 is -1.02. The maximum atomic E-state index is 12.6. The van der Waals surface area contributed by atoms with E-state index in [-0.39, 0.29) is 10.8 Å². The maximum Gasteiger partial charge on any atom is 0.136 e. The Morgan fingerprint density at radius 3 is 2.61 bits per heavy atom. The minimum absolute atomic E-state index is 0.222. The Morgan fingerprint density at radius 1 is 1.22 bits per heavy atom. The van der Waals surface area contributed by atoms with Gasteiger partial charge in [0.05, 0.1) is 6.04 Å². The van der Waals surface area contributed by atoms with E-state index in [2.05, 4.69) is 34.3 Å². The first-order chi connectivity index (χ1) is 10.9. The SMILES string of the molecule is CC(C)(C)[S@@+]([O-])N[C@@H]1C[C@]2(CC23CCNCC3)c2ccccc21. The molecule has 0 radical (unpaired) electrons. The van der Waals surface area contributed by atoms with Gasteiger partial charge in [0, 0.05) is 16.8 Å². The summed E-state index contributed by atoms with van der Waals surface area (Å²) in [6.07, 6.45) is 5.01. The lowest BCUT2D eigenvalue weighted by molar-refractivity contribution is 0.296. The highest BCUT2D eigenvalue weighted by atomic mass is 32.2. The summed E-state index contributed by atoms with van der Waals surface area (Å²) in [7, 11) is 0. The molecular formula is C19H28N2OS. The monoisotopic (exact) mass is 332 g/mol. The van der Waals surface area contributed by atoms with Crippen molar-refractivity contribution in [2.24, 2.45) is 5.41 Å². The van der Waals surface area contributed by atoms with Crippen LogP contribution in [0.3, 0.4) is 0 Å². The van der Waals surface area contributed by atoms with Crippen LogP contribution in [0.4, 0.5) is 0 Å². The van der Waals surface area contributed by atoms with Gasteiger partial charge in [-0.25, -0.2) is 0 Å². The second-order valence-electron chi connectivity index (χ2n) is 8.63. The molecule has 1 aliphatic heterocycles. The molecule has 1 aromatic carbocycles. The Balaban J connectivity index is 1.63. The topological polar surface area (TPSA) is 47.1 Å². The first-order valence-electron chi connectivity index (χ1n) is 8.86. The van der Waals surface area contributed by atoms with Gasteiger partial charge in [-0.1, -0.05) is 24.3 Å². The Hall–Kier alpha value is -0.550. The van der Waals surface area contributed by atoms with E-state index in [1.165, 1.54) is 30.4 Å². The largest absolute Gasteiger partial charge is 0.598 e. The summed E-state index contributed by atoms with van der Waals surface area (Å²) in [6.45, 7) is 8.42. The number of piperidine rings is 1. The summed E-state index contributed by atoms with van der Waals surface area (Å²) in [5.74, 6) is 0. The summed E-state index contributed by atoms with van der Waals surface area (Å²) in [5.41, 5.74) is 3.75. The van der Waals surface area contributed by atoms with Crippen LogP contribution in [0.15, 0.2) is 24.3 Å². The van der Waals surface area contributed by atoms with Gasteiger partial charge in [0.25, 0.3) is 0 Å². The molecule has 3 nitrogen and oxygen atoms in total. The molecule has 3 atom stereocenters. The highest BCUT2D eigenvalue weighted by Gasteiger charge is 2.70. The first kappa shape index (κ1) is 15.9. The van der Waals surface area contributed by atoms with Crippen molar-refractivity contribution in [3.8, 4) is 0 Å². The predicted molar refractivity (Wildman–Crippen MR) is 95.7 cm³/mol. The molecule has 4 rings (SSSR count). The summed E-state index contributed by atoms with van der Waals surface area (Å²) in [5, 5.41) is 3.51. The third kappa shape index (κ3) is 2.38. The van der Waals surface area contributed by atoms with Crippen LogP contribution in [0.25, 0.3) is 0 Å². The Bertz CT molecular complexity index is 606. The van der Waals surface area contributed by atoms with Crippen LogP contribution < -0.4 is 10.0 Å². The number of benzene rings is 1. The lowest BCUT2D eigenvalue weighted by Gasteiger charge is -2.29. The zero-order chi connectivity index (χ0) is 16.3. The summed E-state index contributed by atoms with van der Waals surface area (Å²) in [6, 6.07) is 9.11. The van der Waals surface area contributed by atoms with Crippen LogP contribution in [0.5, 0.6) is 0 Å². The number of hydrogen-bond donors (Lipinski definition) is 2. The molecule has 2 fully saturated rings. The van der Waals surface area contributed by atoms with Crippen molar-refractivity contribution in [2.75, 3.05) is 13.1 Å². The second-order valence-corrected chi connectivity index (χ2v) is 10.6. The number of nitrogens with one attached hydrogen (secondary N) is 2. The smallest absolute Gasteiger partial charge is 0.136 e. The Kier molecular flexibility index (Phi) is 3.62. The van der Waals surface area contributed by atoms with Crippen molar-refractivity contribution < 1.29 is 4.55 Å².